The molecule has 1 rings (SSSR count). The fraction of sp³-hybridized carbons (Fsp3) is 0.700. The zero-order chi connectivity index (χ0) is 9.84. The molecule has 0 unspecified atom stereocenters. The molecule has 0 spiro atoms. The van der Waals surface area contributed by atoms with E-state index in [0.29, 0.717) is 6.04 Å². The lowest BCUT2D eigenvalue weighted by Crippen LogP contribution is -2.36. The van der Waals surface area contributed by atoms with E-state index in [-0.39, 0.29) is 5.91 Å². The van der Waals surface area contributed by atoms with E-state index in [4.69, 9.17) is 5.73 Å². The number of piperidine rings is 1. The van der Waals surface area contributed by atoms with Gasteiger partial charge in [0, 0.05) is 25.2 Å². The van der Waals surface area contributed by atoms with E-state index in [9.17, 15) is 4.79 Å². The second-order valence-electron chi connectivity index (χ2n) is 3.83. The Morgan fingerprint density at radius 2 is 2.00 bits per heavy atom. The molecule has 0 aromatic heterocycles. The molecule has 1 fully saturated rings. The van der Waals surface area contributed by atoms with Crippen LogP contribution in [0.1, 0.15) is 26.7 Å². The first kappa shape index (κ1) is 10.3. The molecule has 0 radical (unpaired) electrons. The van der Waals surface area contributed by atoms with Gasteiger partial charge in [-0.05, 0) is 26.7 Å². The van der Waals surface area contributed by atoms with Gasteiger partial charge in [-0.25, -0.2) is 0 Å². The van der Waals surface area contributed by atoms with Crippen LogP contribution in [-0.2, 0) is 4.79 Å². The number of hydrogen-bond donors (Lipinski definition) is 1. The van der Waals surface area contributed by atoms with E-state index in [0.717, 1.165) is 25.9 Å². The van der Waals surface area contributed by atoms with Crippen molar-refractivity contribution in [3.63, 3.8) is 0 Å². The summed E-state index contributed by atoms with van der Waals surface area (Å²) in [4.78, 5) is 13.0. The molecule has 0 atom stereocenters. The van der Waals surface area contributed by atoms with Gasteiger partial charge in [0.25, 0.3) is 0 Å². The maximum absolute atomic E-state index is 10.6. The molecule has 0 saturated carbocycles. The van der Waals surface area contributed by atoms with Gasteiger partial charge in [-0.1, -0.05) is 5.57 Å². The number of amides is 1. The van der Waals surface area contributed by atoms with Gasteiger partial charge in [-0.15, -0.1) is 0 Å². The summed E-state index contributed by atoms with van der Waals surface area (Å²) in [6.07, 6.45) is 3.56. The third-order valence-electron chi connectivity index (χ3n) is 2.52. The molecule has 1 aliphatic heterocycles. The minimum absolute atomic E-state index is 0.312. The molecule has 0 aromatic carbocycles. The van der Waals surface area contributed by atoms with Crippen molar-refractivity contribution in [2.45, 2.75) is 32.7 Å². The van der Waals surface area contributed by atoms with Gasteiger partial charge in [0.15, 0.2) is 0 Å². The van der Waals surface area contributed by atoms with Crippen molar-refractivity contribution in [3.05, 3.63) is 11.6 Å². The van der Waals surface area contributed by atoms with Gasteiger partial charge in [-0.2, -0.15) is 0 Å². The summed E-state index contributed by atoms with van der Waals surface area (Å²) >= 11 is 0. The van der Waals surface area contributed by atoms with Gasteiger partial charge >= 0.3 is 0 Å². The first-order valence-corrected chi connectivity index (χ1v) is 4.82. The van der Waals surface area contributed by atoms with Crippen molar-refractivity contribution in [2.24, 2.45) is 5.73 Å². The number of carbonyl (C=O) groups is 1. The zero-order valence-corrected chi connectivity index (χ0v) is 8.42. The van der Waals surface area contributed by atoms with Crippen LogP contribution in [0.3, 0.4) is 0 Å². The number of likely N-dealkylation sites (tertiary alicyclic amines) is 1. The van der Waals surface area contributed by atoms with Crippen LogP contribution in [-0.4, -0.2) is 29.9 Å². The molecule has 1 amide bonds. The smallest absolute Gasteiger partial charge is 0.241 e. The Hall–Kier alpha value is -0.830. The predicted molar refractivity (Wildman–Crippen MR) is 53.2 cm³/mol. The van der Waals surface area contributed by atoms with Crippen LogP contribution in [0.5, 0.6) is 0 Å². The standard InChI is InChI=1S/C10H18N2O/c1-8(2)12-5-3-9(4-6-12)7-10(11)13/h7-8H,3-6H2,1-2H3,(H2,11,13). The summed E-state index contributed by atoms with van der Waals surface area (Å²) in [7, 11) is 0. The van der Waals surface area contributed by atoms with Gasteiger partial charge in [-0.3, -0.25) is 4.79 Å². The number of nitrogens with zero attached hydrogens (tertiary/aromatic N) is 1. The molecule has 3 nitrogen and oxygen atoms in total. The van der Waals surface area contributed by atoms with E-state index in [1.807, 2.05) is 0 Å². The Morgan fingerprint density at radius 3 is 2.38 bits per heavy atom. The molecule has 13 heavy (non-hydrogen) atoms. The zero-order valence-electron chi connectivity index (χ0n) is 8.42. The first-order chi connectivity index (χ1) is 6.09. The Morgan fingerprint density at radius 1 is 1.46 bits per heavy atom. The van der Waals surface area contributed by atoms with E-state index in [1.54, 1.807) is 6.08 Å². The van der Waals surface area contributed by atoms with Gasteiger partial charge in [0.1, 0.15) is 0 Å². The highest BCUT2D eigenvalue weighted by Gasteiger charge is 2.15. The van der Waals surface area contributed by atoms with Gasteiger partial charge < -0.3 is 10.6 Å². The highest BCUT2D eigenvalue weighted by atomic mass is 16.1. The van der Waals surface area contributed by atoms with Crippen LogP contribution >= 0.6 is 0 Å². The van der Waals surface area contributed by atoms with E-state index in [2.05, 4.69) is 18.7 Å². The summed E-state index contributed by atoms with van der Waals surface area (Å²) in [5.74, 6) is -0.312. The third-order valence-corrected chi connectivity index (χ3v) is 2.52. The number of carbonyl (C=O) groups excluding carboxylic acids is 1. The van der Waals surface area contributed by atoms with E-state index in [1.165, 1.54) is 5.57 Å². The SMILES string of the molecule is CC(C)N1CCC(=CC(N)=O)CC1. The molecule has 0 aromatic rings. The van der Waals surface area contributed by atoms with Crippen molar-refractivity contribution in [3.8, 4) is 0 Å². The summed E-state index contributed by atoms with van der Waals surface area (Å²) in [5, 5.41) is 0. The maximum Gasteiger partial charge on any atom is 0.241 e. The van der Waals surface area contributed by atoms with Crippen LogP contribution in [0, 0.1) is 0 Å². The Bertz CT molecular complexity index is 211. The summed E-state index contributed by atoms with van der Waals surface area (Å²) in [6, 6.07) is 0.607. The van der Waals surface area contributed by atoms with Crippen molar-refractivity contribution >= 4 is 5.91 Å². The lowest BCUT2D eigenvalue weighted by Gasteiger charge is -2.31. The Balaban J connectivity index is 2.43. The van der Waals surface area contributed by atoms with Crippen molar-refractivity contribution < 1.29 is 4.79 Å². The Kier molecular flexibility index (Phi) is 3.48. The van der Waals surface area contributed by atoms with Crippen LogP contribution in [0.2, 0.25) is 0 Å². The molecule has 1 aliphatic rings. The molecular formula is C10H18N2O. The van der Waals surface area contributed by atoms with Crippen molar-refractivity contribution in [1.82, 2.24) is 4.90 Å². The number of rotatable bonds is 2. The highest BCUT2D eigenvalue weighted by molar-refractivity contribution is 5.86. The fourth-order valence-corrected chi connectivity index (χ4v) is 1.67. The molecule has 1 heterocycles. The molecule has 0 bridgehead atoms. The second kappa shape index (κ2) is 4.42. The first-order valence-electron chi connectivity index (χ1n) is 4.82. The average Bonchev–Trinajstić information content (AvgIpc) is 2.04. The lowest BCUT2D eigenvalue weighted by molar-refractivity contribution is -0.113. The van der Waals surface area contributed by atoms with Crippen LogP contribution < -0.4 is 5.73 Å². The summed E-state index contributed by atoms with van der Waals surface area (Å²) < 4.78 is 0. The van der Waals surface area contributed by atoms with Crippen molar-refractivity contribution in [1.29, 1.82) is 0 Å². The molecule has 2 N–H and O–H groups in total. The average molecular weight is 182 g/mol. The molecule has 3 heteroatoms. The molecule has 1 saturated heterocycles. The number of primary amides is 1. The maximum atomic E-state index is 10.6. The largest absolute Gasteiger partial charge is 0.366 e. The minimum atomic E-state index is -0.312. The molecule has 0 aliphatic carbocycles. The topological polar surface area (TPSA) is 46.3 Å². The fourth-order valence-electron chi connectivity index (χ4n) is 1.67. The van der Waals surface area contributed by atoms with E-state index < -0.39 is 0 Å². The van der Waals surface area contributed by atoms with Gasteiger partial charge in [0.2, 0.25) is 5.91 Å². The van der Waals surface area contributed by atoms with Crippen molar-refractivity contribution in [2.75, 3.05) is 13.1 Å². The predicted octanol–water partition coefficient (Wildman–Crippen LogP) is 0.902. The minimum Gasteiger partial charge on any atom is -0.366 e. The summed E-state index contributed by atoms with van der Waals surface area (Å²) in [6.45, 7) is 6.50. The Labute approximate surface area is 79.6 Å². The lowest BCUT2D eigenvalue weighted by atomic mass is 10.0. The van der Waals surface area contributed by atoms with Crippen LogP contribution in [0.15, 0.2) is 11.6 Å². The second-order valence-corrected chi connectivity index (χ2v) is 3.83. The summed E-state index contributed by atoms with van der Waals surface area (Å²) in [5.41, 5.74) is 6.29. The van der Waals surface area contributed by atoms with Gasteiger partial charge in [0.05, 0.1) is 0 Å². The number of hydrogen-bond acceptors (Lipinski definition) is 2. The van der Waals surface area contributed by atoms with Crippen LogP contribution in [0.4, 0.5) is 0 Å². The molecule has 74 valence electrons. The normalized spacial score (nSPS) is 19.2. The molecular weight excluding hydrogens is 164 g/mol. The quantitative estimate of drug-likeness (QED) is 0.645. The monoisotopic (exact) mass is 182 g/mol. The van der Waals surface area contributed by atoms with Crippen LogP contribution in [0.25, 0.3) is 0 Å². The third kappa shape index (κ3) is 3.19. The highest BCUT2D eigenvalue weighted by Crippen LogP contribution is 2.17. The number of nitrogens with two attached hydrogens (primary N) is 1. The van der Waals surface area contributed by atoms with E-state index >= 15 is 0 Å².